The monoisotopic (exact) mass is 308 g/mol. The molecule has 21 heavy (non-hydrogen) atoms. The number of rotatable bonds is 5. The van der Waals surface area contributed by atoms with Gasteiger partial charge in [0.1, 0.15) is 5.75 Å². The Kier molecular flexibility index (Phi) is 5.94. The van der Waals surface area contributed by atoms with Crippen LogP contribution in [-0.2, 0) is 4.79 Å². The van der Waals surface area contributed by atoms with E-state index in [1.54, 1.807) is 7.11 Å². The van der Waals surface area contributed by atoms with Gasteiger partial charge in [0, 0.05) is 24.1 Å². The molecule has 1 aromatic carbocycles. The number of carbonyl (C=O) groups is 1. The Bertz CT molecular complexity index is 479. The fourth-order valence-corrected chi connectivity index (χ4v) is 3.79. The van der Waals surface area contributed by atoms with Crippen LogP contribution in [0.5, 0.6) is 5.75 Å². The van der Waals surface area contributed by atoms with E-state index in [0.29, 0.717) is 23.5 Å². The minimum absolute atomic E-state index is 0.0221. The molecule has 4 nitrogen and oxygen atoms in total. The SMILES string of the molecule is COc1ccccc1NC(=O)CN1CCSC(C(C)C)C1. The molecule has 1 aliphatic rings. The molecule has 1 aromatic rings. The largest absolute Gasteiger partial charge is 0.495 e. The van der Waals surface area contributed by atoms with Crippen molar-refractivity contribution in [2.24, 2.45) is 5.92 Å². The Morgan fingerprint density at radius 1 is 1.48 bits per heavy atom. The fourth-order valence-electron chi connectivity index (χ4n) is 2.42. The van der Waals surface area contributed by atoms with Crippen LogP contribution in [-0.4, -0.2) is 48.6 Å². The molecule has 1 aliphatic heterocycles. The van der Waals surface area contributed by atoms with E-state index in [0.717, 1.165) is 24.5 Å². The van der Waals surface area contributed by atoms with Crippen LogP contribution in [0, 0.1) is 5.92 Å². The summed E-state index contributed by atoms with van der Waals surface area (Å²) in [5.41, 5.74) is 0.733. The lowest BCUT2D eigenvalue weighted by Gasteiger charge is -2.33. The van der Waals surface area contributed by atoms with Gasteiger partial charge in [-0.15, -0.1) is 0 Å². The Balaban J connectivity index is 1.89. The molecule has 0 aromatic heterocycles. The number of hydrogen-bond acceptors (Lipinski definition) is 4. The summed E-state index contributed by atoms with van der Waals surface area (Å²) in [6.07, 6.45) is 0. The Hall–Kier alpha value is -1.20. The first-order chi connectivity index (χ1) is 10.1. The Morgan fingerprint density at radius 2 is 2.24 bits per heavy atom. The highest BCUT2D eigenvalue weighted by Gasteiger charge is 2.24. The number of methoxy groups -OCH3 is 1. The van der Waals surface area contributed by atoms with Crippen LogP contribution in [0.25, 0.3) is 0 Å². The van der Waals surface area contributed by atoms with Gasteiger partial charge in [-0.05, 0) is 18.1 Å². The van der Waals surface area contributed by atoms with Gasteiger partial charge in [0.25, 0.3) is 0 Å². The van der Waals surface area contributed by atoms with E-state index >= 15 is 0 Å². The number of para-hydroxylation sites is 2. The summed E-state index contributed by atoms with van der Waals surface area (Å²) in [6.45, 7) is 6.91. The molecule has 0 saturated carbocycles. The second kappa shape index (κ2) is 7.71. The first-order valence-electron chi connectivity index (χ1n) is 7.37. The molecule has 0 aliphatic carbocycles. The van der Waals surface area contributed by atoms with Gasteiger partial charge in [0.15, 0.2) is 0 Å². The van der Waals surface area contributed by atoms with Crippen molar-refractivity contribution in [3.8, 4) is 5.75 Å². The van der Waals surface area contributed by atoms with E-state index < -0.39 is 0 Å². The van der Waals surface area contributed by atoms with Crippen molar-refractivity contribution in [1.82, 2.24) is 4.90 Å². The second-order valence-corrected chi connectivity index (χ2v) is 6.98. The first kappa shape index (κ1) is 16.2. The molecule has 5 heteroatoms. The van der Waals surface area contributed by atoms with Crippen LogP contribution >= 0.6 is 11.8 Å². The smallest absolute Gasteiger partial charge is 0.238 e. The van der Waals surface area contributed by atoms with Crippen molar-refractivity contribution < 1.29 is 9.53 Å². The summed E-state index contributed by atoms with van der Waals surface area (Å²) < 4.78 is 5.25. The maximum Gasteiger partial charge on any atom is 0.238 e. The molecule has 0 bridgehead atoms. The van der Waals surface area contributed by atoms with Crippen LogP contribution in [0.2, 0.25) is 0 Å². The number of amides is 1. The second-order valence-electron chi connectivity index (χ2n) is 5.64. The predicted molar refractivity (Wildman–Crippen MR) is 89.1 cm³/mol. The molecule has 116 valence electrons. The number of anilines is 1. The highest BCUT2D eigenvalue weighted by molar-refractivity contribution is 8.00. The van der Waals surface area contributed by atoms with Crippen molar-refractivity contribution in [2.45, 2.75) is 19.1 Å². The van der Waals surface area contributed by atoms with E-state index in [2.05, 4.69) is 24.1 Å². The highest BCUT2D eigenvalue weighted by Crippen LogP contribution is 2.25. The number of hydrogen-bond donors (Lipinski definition) is 1. The van der Waals surface area contributed by atoms with E-state index in [9.17, 15) is 4.79 Å². The van der Waals surface area contributed by atoms with Gasteiger partial charge >= 0.3 is 0 Å². The van der Waals surface area contributed by atoms with Gasteiger partial charge in [-0.1, -0.05) is 26.0 Å². The number of nitrogens with zero attached hydrogens (tertiary/aromatic N) is 1. The molecule has 1 saturated heterocycles. The lowest BCUT2D eigenvalue weighted by molar-refractivity contribution is -0.117. The van der Waals surface area contributed by atoms with Crippen LogP contribution in [0.4, 0.5) is 5.69 Å². The van der Waals surface area contributed by atoms with Gasteiger partial charge in [-0.3, -0.25) is 9.69 Å². The summed E-state index contributed by atoms with van der Waals surface area (Å²) in [4.78, 5) is 14.5. The molecule has 1 atom stereocenters. The molecular formula is C16H24N2O2S. The summed E-state index contributed by atoms with van der Waals surface area (Å²) in [5.74, 6) is 2.47. The zero-order chi connectivity index (χ0) is 15.2. The molecular weight excluding hydrogens is 284 g/mol. The van der Waals surface area contributed by atoms with Gasteiger partial charge < -0.3 is 10.1 Å². The predicted octanol–water partition coefficient (Wildman–Crippen LogP) is 2.71. The maximum atomic E-state index is 12.2. The zero-order valence-corrected chi connectivity index (χ0v) is 13.8. The van der Waals surface area contributed by atoms with E-state index in [4.69, 9.17) is 4.74 Å². The molecule has 1 fully saturated rings. The van der Waals surface area contributed by atoms with Crippen molar-refractivity contribution in [3.63, 3.8) is 0 Å². The molecule has 2 rings (SSSR count). The number of benzene rings is 1. The lowest BCUT2D eigenvalue weighted by Crippen LogP contribution is -2.43. The standard InChI is InChI=1S/C16H24N2O2S/c1-12(2)15-10-18(8-9-21-15)11-16(19)17-13-6-4-5-7-14(13)20-3/h4-7,12,15H,8-11H2,1-3H3,(H,17,19). The Labute approximate surface area is 131 Å². The number of thioether (sulfide) groups is 1. The van der Waals surface area contributed by atoms with Crippen molar-refractivity contribution in [3.05, 3.63) is 24.3 Å². The summed E-state index contributed by atoms with van der Waals surface area (Å²) >= 11 is 2.02. The molecule has 1 N–H and O–H groups in total. The molecule has 1 unspecified atom stereocenters. The number of carbonyl (C=O) groups excluding carboxylic acids is 1. The third-order valence-corrected chi connectivity index (χ3v) is 5.21. The van der Waals surface area contributed by atoms with E-state index in [1.807, 2.05) is 36.0 Å². The third kappa shape index (κ3) is 4.64. The van der Waals surface area contributed by atoms with Gasteiger partial charge in [0.05, 0.1) is 19.3 Å². The number of nitrogens with one attached hydrogen (secondary N) is 1. The van der Waals surface area contributed by atoms with Gasteiger partial charge in [-0.2, -0.15) is 11.8 Å². The Morgan fingerprint density at radius 3 is 2.95 bits per heavy atom. The molecule has 1 amide bonds. The minimum Gasteiger partial charge on any atom is -0.495 e. The minimum atomic E-state index is 0.0221. The van der Waals surface area contributed by atoms with E-state index in [-0.39, 0.29) is 5.91 Å². The van der Waals surface area contributed by atoms with Crippen LogP contribution in [0.1, 0.15) is 13.8 Å². The van der Waals surface area contributed by atoms with Crippen molar-refractivity contribution in [2.75, 3.05) is 37.8 Å². The van der Waals surface area contributed by atoms with Crippen LogP contribution < -0.4 is 10.1 Å². The zero-order valence-electron chi connectivity index (χ0n) is 13.0. The molecule has 1 heterocycles. The average molecular weight is 308 g/mol. The van der Waals surface area contributed by atoms with Gasteiger partial charge in [0.2, 0.25) is 5.91 Å². The quantitative estimate of drug-likeness (QED) is 0.908. The maximum absolute atomic E-state index is 12.2. The third-order valence-electron chi connectivity index (χ3n) is 3.67. The van der Waals surface area contributed by atoms with Gasteiger partial charge in [-0.25, -0.2) is 0 Å². The summed E-state index contributed by atoms with van der Waals surface area (Å²) in [6, 6.07) is 7.50. The van der Waals surface area contributed by atoms with Crippen molar-refractivity contribution in [1.29, 1.82) is 0 Å². The lowest BCUT2D eigenvalue weighted by atomic mass is 10.1. The van der Waals surface area contributed by atoms with Crippen LogP contribution in [0.3, 0.4) is 0 Å². The average Bonchev–Trinajstić information content (AvgIpc) is 2.48. The summed E-state index contributed by atoms with van der Waals surface area (Å²) in [5, 5.41) is 3.56. The van der Waals surface area contributed by atoms with Crippen LogP contribution in [0.15, 0.2) is 24.3 Å². The summed E-state index contributed by atoms with van der Waals surface area (Å²) in [7, 11) is 1.61. The topological polar surface area (TPSA) is 41.6 Å². The molecule has 0 spiro atoms. The van der Waals surface area contributed by atoms with E-state index in [1.165, 1.54) is 0 Å². The highest BCUT2D eigenvalue weighted by atomic mass is 32.2. The molecule has 0 radical (unpaired) electrons. The van der Waals surface area contributed by atoms with Crippen molar-refractivity contribution >= 4 is 23.4 Å². The number of ether oxygens (including phenoxy) is 1. The first-order valence-corrected chi connectivity index (χ1v) is 8.42. The normalized spacial score (nSPS) is 19.5. The fraction of sp³-hybridized carbons (Fsp3) is 0.562.